The highest BCUT2D eigenvalue weighted by atomic mass is 32.1. The minimum Gasteiger partial charge on any atom is -0.308 e. The molecule has 1 fully saturated rings. The fourth-order valence-corrected chi connectivity index (χ4v) is 4.59. The summed E-state index contributed by atoms with van der Waals surface area (Å²) >= 11 is 1.69. The van der Waals surface area contributed by atoms with Crippen molar-refractivity contribution in [1.82, 2.24) is 10.3 Å². The van der Waals surface area contributed by atoms with Gasteiger partial charge in [-0.3, -0.25) is 0 Å². The Labute approximate surface area is 124 Å². The van der Waals surface area contributed by atoms with Crippen molar-refractivity contribution >= 4 is 11.3 Å². The first-order chi connectivity index (χ1) is 9.90. The van der Waals surface area contributed by atoms with Crippen molar-refractivity contribution in [1.29, 1.82) is 0 Å². The molecule has 2 unspecified atom stereocenters. The van der Waals surface area contributed by atoms with Crippen LogP contribution in [0, 0.1) is 11.8 Å². The van der Waals surface area contributed by atoms with Gasteiger partial charge in [-0.25, -0.2) is 4.98 Å². The van der Waals surface area contributed by atoms with Crippen LogP contribution in [-0.2, 0) is 19.4 Å². The van der Waals surface area contributed by atoms with Gasteiger partial charge in [0.05, 0.1) is 11.2 Å². The Kier molecular flexibility index (Phi) is 3.32. The normalized spacial score (nSPS) is 28.1. The molecule has 0 amide bonds. The van der Waals surface area contributed by atoms with E-state index < -0.39 is 0 Å². The highest BCUT2D eigenvalue weighted by Crippen LogP contribution is 2.40. The molecule has 1 aromatic carbocycles. The lowest BCUT2D eigenvalue weighted by molar-refractivity contribution is 0.339. The first kappa shape index (κ1) is 12.5. The van der Waals surface area contributed by atoms with Crippen LogP contribution in [-0.4, -0.2) is 11.0 Å². The summed E-state index contributed by atoms with van der Waals surface area (Å²) in [4.78, 5) is 4.39. The minimum atomic E-state index is 0.670. The third kappa shape index (κ3) is 2.29. The van der Waals surface area contributed by atoms with Crippen molar-refractivity contribution < 1.29 is 0 Å². The molecule has 0 saturated heterocycles. The maximum atomic E-state index is 4.39. The van der Waals surface area contributed by atoms with Crippen molar-refractivity contribution in [3.63, 3.8) is 0 Å². The highest BCUT2D eigenvalue weighted by molar-refractivity contribution is 7.07. The van der Waals surface area contributed by atoms with Crippen molar-refractivity contribution in [2.24, 2.45) is 11.8 Å². The van der Waals surface area contributed by atoms with Crippen molar-refractivity contribution in [2.45, 2.75) is 38.3 Å². The monoisotopic (exact) mass is 284 g/mol. The molecule has 2 aliphatic rings. The summed E-state index contributed by atoms with van der Waals surface area (Å²) < 4.78 is 0. The lowest BCUT2D eigenvalue weighted by Gasteiger charge is -2.23. The molecule has 1 N–H and O–H groups in total. The SMILES string of the molecule is c1ccc2c(c1)CC1CCC(C2)C1NCc1cscn1. The Morgan fingerprint density at radius 1 is 1.10 bits per heavy atom. The number of hydrogen-bond acceptors (Lipinski definition) is 3. The topological polar surface area (TPSA) is 24.9 Å². The van der Waals surface area contributed by atoms with Gasteiger partial charge in [0.25, 0.3) is 0 Å². The quantitative estimate of drug-likeness (QED) is 0.934. The fraction of sp³-hybridized carbons (Fsp3) is 0.471. The molecule has 2 nitrogen and oxygen atoms in total. The van der Waals surface area contributed by atoms with Crippen LogP contribution in [0.3, 0.4) is 0 Å². The zero-order chi connectivity index (χ0) is 13.4. The summed E-state index contributed by atoms with van der Waals surface area (Å²) in [5, 5.41) is 5.96. The maximum absolute atomic E-state index is 4.39. The minimum absolute atomic E-state index is 0.670. The lowest BCUT2D eigenvalue weighted by atomic mass is 9.94. The molecule has 2 atom stereocenters. The molecule has 2 aromatic rings. The van der Waals surface area contributed by atoms with E-state index >= 15 is 0 Å². The number of benzene rings is 1. The molecule has 0 spiro atoms. The molecule has 2 bridgehead atoms. The van der Waals surface area contributed by atoms with Crippen LogP contribution in [0.1, 0.15) is 29.7 Å². The Hall–Kier alpha value is -1.19. The summed E-state index contributed by atoms with van der Waals surface area (Å²) in [5.74, 6) is 1.62. The summed E-state index contributed by atoms with van der Waals surface area (Å²) in [5.41, 5.74) is 6.28. The number of hydrogen-bond donors (Lipinski definition) is 1. The standard InChI is InChI=1S/C17H20N2S/c1-2-4-13-8-15-6-5-14(7-12(13)3-1)17(15)18-9-16-10-20-11-19-16/h1-4,10-11,14-15,17-18H,5-9H2. The van der Waals surface area contributed by atoms with E-state index in [9.17, 15) is 0 Å². The van der Waals surface area contributed by atoms with Crippen molar-refractivity contribution in [3.8, 4) is 0 Å². The summed E-state index contributed by atoms with van der Waals surface area (Å²) in [6.07, 6.45) is 5.27. The fourth-order valence-electron chi connectivity index (χ4n) is 4.03. The van der Waals surface area contributed by atoms with Gasteiger partial charge >= 0.3 is 0 Å². The molecular weight excluding hydrogens is 264 g/mol. The van der Waals surface area contributed by atoms with Crippen LogP contribution in [0.15, 0.2) is 35.2 Å². The number of nitrogens with zero attached hydrogens (tertiary/aromatic N) is 1. The molecule has 20 heavy (non-hydrogen) atoms. The number of thiazole rings is 1. The van der Waals surface area contributed by atoms with E-state index in [1.54, 1.807) is 22.5 Å². The van der Waals surface area contributed by atoms with Gasteiger partial charge in [0, 0.05) is 18.0 Å². The Morgan fingerprint density at radius 3 is 2.40 bits per heavy atom. The second-order valence-electron chi connectivity index (χ2n) is 6.16. The van der Waals surface area contributed by atoms with Crippen LogP contribution in [0.5, 0.6) is 0 Å². The second-order valence-corrected chi connectivity index (χ2v) is 6.88. The van der Waals surface area contributed by atoms with E-state index in [-0.39, 0.29) is 0 Å². The third-order valence-corrected chi connectivity index (χ3v) is 5.64. The zero-order valence-corrected chi connectivity index (χ0v) is 12.4. The third-order valence-electron chi connectivity index (χ3n) is 5.01. The van der Waals surface area contributed by atoms with E-state index in [1.807, 2.05) is 5.51 Å². The van der Waals surface area contributed by atoms with Crippen molar-refractivity contribution in [2.75, 3.05) is 0 Å². The largest absolute Gasteiger partial charge is 0.308 e. The molecule has 2 aliphatic carbocycles. The van der Waals surface area contributed by atoms with Gasteiger partial charge < -0.3 is 5.32 Å². The Balaban J connectivity index is 1.52. The number of aromatic nitrogens is 1. The molecule has 1 saturated carbocycles. The van der Waals surface area contributed by atoms with Gasteiger partial charge in [-0.15, -0.1) is 11.3 Å². The Morgan fingerprint density at radius 2 is 1.80 bits per heavy atom. The van der Waals surface area contributed by atoms with Gasteiger partial charge in [-0.05, 0) is 48.6 Å². The molecule has 0 radical (unpaired) electrons. The average Bonchev–Trinajstić information content (AvgIpc) is 3.04. The summed E-state index contributed by atoms with van der Waals surface area (Å²) in [7, 11) is 0. The maximum Gasteiger partial charge on any atom is 0.0795 e. The van der Waals surface area contributed by atoms with Gasteiger partial charge in [-0.1, -0.05) is 24.3 Å². The molecule has 104 valence electrons. The average molecular weight is 284 g/mol. The molecule has 1 aromatic heterocycles. The van der Waals surface area contributed by atoms with Crippen LogP contribution in [0.2, 0.25) is 0 Å². The van der Waals surface area contributed by atoms with Gasteiger partial charge in [0.1, 0.15) is 0 Å². The highest BCUT2D eigenvalue weighted by Gasteiger charge is 2.38. The molecule has 3 heteroatoms. The molecule has 4 rings (SSSR count). The van der Waals surface area contributed by atoms with E-state index in [0.717, 1.165) is 18.4 Å². The van der Waals surface area contributed by atoms with Gasteiger partial charge in [0.15, 0.2) is 0 Å². The summed E-state index contributed by atoms with van der Waals surface area (Å²) in [6.45, 7) is 0.928. The number of nitrogens with one attached hydrogen (secondary N) is 1. The lowest BCUT2D eigenvalue weighted by Crippen LogP contribution is -2.37. The second kappa shape index (κ2) is 5.30. The van der Waals surface area contributed by atoms with Crippen LogP contribution < -0.4 is 5.32 Å². The first-order valence-corrected chi connectivity index (χ1v) is 8.51. The van der Waals surface area contributed by atoms with Crippen LogP contribution in [0.4, 0.5) is 0 Å². The molecule has 0 aliphatic heterocycles. The molecule has 1 heterocycles. The first-order valence-electron chi connectivity index (χ1n) is 7.57. The Bertz CT molecular complexity index is 545. The van der Waals surface area contributed by atoms with E-state index in [0.29, 0.717) is 6.04 Å². The van der Waals surface area contributed by atoms with Crippen LogP contribution >= 0.6 is 11.3 Å². The smallest absolute Gasteiger partial charge is 0.0795 e. The van der Waals surface area contributed by atoms with Crippen molar-refractivity contribution in [3.05, 3.63) is 52.0 Å². The van der Waals surface area contributed by atoms with E-state index in [2.05, 4.69) is 39.9 Å². The van der Waals surface area contributed by atoms with Gasteiger partial charge in [-0.2, -0.15) is 0 Å². The molecular formula is C17H20N2S. The van der Waals surface area contributed by atoms with Gasteiger partial charge in [0.2, 0.25) is 0 Å². The van der Waals surface area contributed by atoms with E-state index in [4.69, 9.17) is 0 Å². The number of rotatable bonds is 3. The van der Waals surface area contributed by atoms with E-state index in [1.165, 1.54) is 31.4 Å². The predicted molar refractivity (Wildman–Crippen MR) is 82.8 cm³/mol. The zero-order valence-electron chi connectivity index (χ0n) is 11.6. The number of fused-ring (bicyclic) bond motifs is 3. The van der Waals surface area contributed by atoms with Crippen LogP contribution in [0.25, 0.3) is 0 Å². The summed E-state index contributed by atoms with van der Waals surface area (Å²) in [6, 6.07) is 9.70. The predicted octanol–water partition coefficient (Wildman–Crippen LogP) is 3.43.